The van der Waals surface area contributed by atoms with Crippen LogP contribution in [0.15, 0.2) is 35.6 Å². The van der Waals surface area contributed by atoms with Crippen LogP contribution in [0, 0.1) is 0 Å². The highest BCUT2D eigenvalue weighted by Crippen LogP contribution is 2.20. The molecule has 0 radical (unpaired) electrons. The molecule has 120 valence electrons. The Morgan fingerprint density at radius 1 is 1.22 bits per heavy atom. The maximum Gasteiger partial charge on any atom is 0.335 e. The van der Waals surface area contributed by atoms with E-state index in [9.17, 15) is 9.59 Å². The molecule has 23 heavy (non-hydrogen) atoms. The monoisotopic (exact) mass is 314 g/mol. The van der Waals surface area contributed by atoms with Gasteiger partial charge in [-0.1, -0.05) is 18.7 Å². The Labute approximate surface area is 132 Å². The molecule has 0 atom stereocenters. The van der Waals surface area contributed by atoms with Crippen molar-refractivity contribution >= 4 is 23.3 Å². The topological polar surface area (TPSA) is 135 Å². The van der Waals surface area contributed by atoms with E-state index >= 15 is 0 Å². The summed E-state index contributed by atoms with van der Waals surface area (Å²) in [5.41, 5.74) is 13.2. The molecule has 0 aliphatic rings. The molecule has 7 nitrogen and oxygen atoms in total. The summed E-state index contributed by atoms with van der Waals surface area (Å²) in [6.07, 6.45) is 1.77. The zero-order valence-corrected chi connectivity index (χ0v) is 12.5. The van der Waals surface area contributed by atoms with Gasteiger partial charge in [-0.3, -0.25) is 9.78 Å². The van der Waals surface area contributed by atoms with E-state index in [0.717, 1.165) is 11.1 Å². The van der Waals surface area contributed by atoms with E-state index < -0.39 is 5.97 Å². The van der Waals surface area contributed by atoms with Crippen LogP contribution in [0.5, 0.6) is 0 Å². The first-order valence-electron chi connectivity index (χ1n) is 7.04. The molecule has 0 spiro atoms. The van der Waals surface area contributed by atoms with Gasteiger partial charge in [0.2, 0.25) is 5.95 Å². The lowest BCUT2D eigenvalue weighted by Crippen LogP contribution is -2.19. The number of carboxylic acids is 1. The molecule has 2 aromatic rings. The van der Waals surface area contributed by atoms with Crippen LogP contribution in [0.1, 0.15) is 34.3 Å². The van der Waals surface area contributed by atoms with Crippen LogP contribution in [0.4, 0.5) is 11.8 Å². The van der Waals surface area contributed by atoms with Gasteiger partial charge in [-0.15, -0.1) is 0 Å². The number of nitrogens with zero attached hydrogens (tertiary/aromatic N) is 1. The largest absolute Gasteiger partial charge is 0.478 e. The number of hydrogen-bond acceptors (Lipinski definition) is 5. The van der Waals surface area contributed by atoms with Gasteiger partial charge in [0.05, 0.1) is 11.1 Å². The second-order valence-electron chi connectivity index (χ2n) is 5.15. The van der Waals surface area contributed by atoms with Crippen molar-refractivity contribution in [3.63, 3.8) is 0 Å². The van der Waals surface area contributed by atoms with Crippen LogP contribution < -0.4 is 17.0 Å². The lowest BCUT2D eigenvalue weighted by atomic mass is 9.99. The molecule has 0 aliphatic heterocycles. The highest BCUT2D eigenvalue weighted by molar-refractivity contribution is 5.88. The minimum absolute atomic E-state index is 0.000759. The number of aromatic carboxylic acids is 1. The first-order chi connectivity index (χ1) is 10.9. The van der Waals surface area contributed by atoms with Crippen molar-refractivity contribution in [3.8, 4) is 0 Å². The van der Waals surface area contributed by atoms with Gasteiger partial charge in [-0.05, 0) is 42.5 Å². The van der Waals surface area contributed by atoms with Gasteiger partial charge in [-0.25, -0.2) is 4.79 Å². The van der Waals surface area contributed by atoms with E-state index in [2.05, 4.69) is 16.5 Å². The summed E-state index contributed by atoms with van der Waals surface area (Å²) in [5.74, 6) is -0.824. The number of rotatable bonds is 6. The standard InChI is InChI=1S/C16H18N4O3/c1-9(10-5-7-11(8-6-10)15(22)23)3-2-4-12-13(17)19-16(18)20-14(12)21/h5-8H,1-4H2,(H,22,23)(H5,17,18,19,20,21). The van der Waals surface area contributed by atoms with Gasteiger partial charge in [0, 0.05) is 0 Å². The summed E-state index contributed by atoms with van der Waals surface area (Å²) in [7, 11) is 0. The fourth-order valence-electron chi connectivity index (χ4n) is 2.25. The Bertz CT molecular complexity index is 794. The SMILES string of the molecule is C=C(CCCc1c(N)nc(N)[nH]c1=O)c1ccc(C(=O)O)cc1. The maximum absolute atomic E-state index is 11.8. The number of anilines is 2. The Hall–Kier alpha value is -3.09. The van der Waals surface area contributed by atoms with E-state index in [4.69, 9.17) is 16.6 Å². The number of carbonyl (C=O) groups is 1. The molecule has 0 aliphatic carbocycles. The predicted octanol–water partition coefficient (Wildman–Crippen LogP) is 1.67. The summed E-state index contributed by atoms with van der Waals surface area (Å²) < 4.78 is 0. The molecule has 0 saturated heterocycles. The number of nitrogens with one attached hydrogen (secondary N) is 1. The van der Waals surface area contributed by atoms with Crippen molar-refractivity contribution in [1.82, 2.24) is 9.97 Å². The van der Waals surface area contributed by atoms with Gasteiger partial charge in [0.15, 0.2) is 0 Å². The average Bonchev–Trinajstić information content (AvgIpc) is 2.49. The van der Waals surface area contributed by atoms with Crippen LogP contribution in [-0.2, 0) is 6.42 Å². The number of nitrogens with two attached hydrogens (primary N) is 2. The molecule has 0 amide bonds. The van der Waals surface area contributed by atoms with Gasteiger partial charge < -0.3 is 16.6 Å². The van der Waals surface area contributed by atoms with Gasteiger partial charge >= 0.3 is 5.97 Å². The first kappa shape index (κ1) is 16.3. The van der Waals surface area contributed by atoms with E-state index in [0.29, 0.717) is 24.8 Å². The van der Waals surface area contributed by atoms with Crippen molar-refractivity contribution in [1.29, 1.82) is 0 Å². The maximum atomic E-state index is 11.8. The minimum atomic E-state index is -0.965. The summed E-state index contributed by atoms with van der Waals surface area (Å²) in [5, 5.41) is 8.87. The van der Waals surface area contributed by atoms with Crippen molar-refractivity contribution in [2.24, 2.45) is 0 Å². The number of aromatic nitrogens is 2. The third kappa shape index (κ3) is 3.97. The van der Waals surface area contributed by atoms with E-state index in [1.807, 2.05) is 0 Å². The molecule has 7 heteroatoms. The summed E-state index contributed by atoms with van der Waals surface area (Å²) >= 11 is 0. The smallest absolute Gasteiger partial charge is 0.335 e. The third-order valence-corrected chi connectivity index (χ3v) is 3.51. The lowest BCUT2D eigenvalue weighted by Gasteiger charge is -2.08. The predicted molar refractivity (Wildman–Crippen MR) is 89.1 cm³/mol. The number of benzene rings is 1. The van der Waals surface area contributed by atoms with Crippen molar-refractivity contribution < 1.29 is 9.90 Å². The first-order valence-corrected chi connectivity index (χ1v) is 7.04. The number of aromatic amines is 1. The minimum Gasteiger partial charge on any atom is -0.478 e. The molecule has 6 N–H and O–H groups in total. The van der Waals surface area contributed by atoms with Crippen molar-refractivity contribution in [2.45, 2.75) is 19.3 Å². The highest BCUT2D eigenvalue weighted by Gasteiger charge is 2.09. The zero-order valence-electron chi connectivity index (χ0n) is 12.5. The van der Waals surface area contributed by atoms with Crippen LogP contribution in [-0.4, -0.2) is 21.0 Å². The van der Waals surface area contributed by atoms with Gasteiger partial charge in [0.25, 0.3) is 5.56 Å². The van der Waals surface area contributed by atoms with Gasteiger partial charge in [-0.2, -0.15) is 4.98 Å². The number of nitrogen functional groups attached to an aromatic ring is 2. The zero-order chi connectivity index (χ0) is 17.0. The third-order valence-electron chi connectivity index (χ3n) is 3.51. The molecule has 0 fully saturated rings. The molecular formula is C16H18N4O3. The summed E-state index contributed by atoms with van der Waals surface area (Å²) in [6.45, 7) is 3.99. The molecule has 1 aromatic heterocycles. The van der Waals surface area contributed by atoms with E-state index in [1.165, 1.54) is 12.1 Å². The highest BCUT2D eigenvalue weighted by atomic mass is 16.4. The lowest BCUT2D eigenvalue weighted by molar-refractivity contribution is 0.0697. The quantitative estimate of drug-likeness (QED) is 0.640. The molecular weight excluding hydrogens is 296 g/mol. The van der Waals surface area contributed by atoms with Crippen LogP contribution in [0.25, 0.3) is 5.57 Å². The van der Waals surface area contributed by atoms with E-state index in [-0.39, 0.29) is 22.9 Å². The number of carboxylic acid groups (broad SMARTS) is 1. The van der Waals surface area contributed by atoms with Crippen LogP contribution in [0.2, 0.25) is 0 Å². The summed E-state index contributed by atoms with van der Waals surface area (Å²) in [4.78, 5) is 28.8. The van der Waals surface area contributed by atoms with Gasteiger partial charge in [0.1, 0.15) is 5.82 Å². The normalized spacial score (nSPS) is 10.4. The Balaban J connectivity index is 1.97. The Morgan fingerprint density at radius 3 is 2.39 bits per heavy atom. The average molecular weight is 314 g/mol. The Kier molecular flexibility index (Phi) is 4.80. The molecule has 0 saturated carbocycles. The van der Waals surface area contributed by atoms with Crippen molar-refractivity contribution in [2.75, 3.05) is 11.5 Å². The van der Waals surface area contributed by atoms with Crippen molar-refractivity contribution in [3.05, 3.63) is 57.9 Å². The molecule has 1 aromatic carbocycles. The Morgan fingerprint density at radius 2 is 1.83 bits per heavy atom. The summed E-state index contributed by atoms with van der Waals surface area (Å²) in [6, 6.07) is 6.51. The second kappa shape index (κ2) is 6.78. The molecule has 2 rings (SSSR count). The second-order valence-corrected chi connectivity index (χ2v) is 5.15. The fraction of sp³-hybridized carbons (Fsp3) is 0.188. The number of hydrogen-bond donors (Lipinski definition) is 4. The number of allylic oxidation sites excluding steroid dienone is 1. The van der Waals surface area contributed by atoms with E-state index in [1.54, 1.807) is 12.1 Å². The fourth-order valence-corrected chi connectivity index (χ4v) is 2.25. The van der Waals surface area contributed by atoms with Crippen LogP contribution >= 0.6 is 0 Å². The number of H-pyrrole nitrogens is 1. The molecule has 1 heterocycles. The van der Waals surface area contributed by atoms with Crippen LogP contribution in [0.3, 0.4) is 0 Å². The molecule has 0 unspecified atom stereocenters. The molecule has 0 bridgehead atoms.